The third-order valence-corrected chi connectivity index (χ3v) is 2.18. The van der Waals surface area contributed by atoms with Crippen LogP contribution < -0.4 is 16.6 Å². The zero-order valence-corrected chi connectivity index (χ0v) is 9.98. The van der Waals surface area contributed by atoms with E-state index < -0.39 is 11.6 Å². The van der Waals surface area contributed by atoms with Gasteiger partial charge in [-0.2, -0.15) is 0 Å². The Kier molecular flexibility index (Phi) is 5.11. The van der Waals surface area contributed by atoms with Gasteiger partial charge in [-0.15, -0.1) is 0 Å². The first kappa shape index (κ1) is 13.7. The van der Waals surface area contributed by atoms with E-state index in [1.165, 1.54) is 0 Å². The average Bonchev–Trinajstić information content (AvgIpc) is 2.27. The lowest BCUT2D eigenvalue weighted by molar-refractivity contribution is 0.586. The summed E-state index contributed by atoms with van der Waals surface area (Å²) in [7, 11) is 0. The Hall–Kier alpha value is -1.40. The lowest BCUT2D eigenvalue weighted by atomic mass is 10.3. The predicted octanol–water partition coefficient (Wildman–Crippen LogP) is 2.26. The van der Waals surface area contributed by atoms with Gasteiger partial charge >= 0.3 is 0 Å². The summed E-state index contributed by atoms with van der Waals surface area (Å²) < 4.78 is 26.2. The normalized spacial score (nSPS) is 11.5. The van der Waals surface area contributed by atoms with Crippen molar-refractivity contribution < 1.29 is 8.78 Å². The highest BCUT2D eigenvalue weighted by atomic mass is 35.5. The highest BCUT2D eigenvalue weighted by Gasteiger charge is 2.11. The largest absolute Gasteiger partial charge is 0.322 e. The number of rotatable bonds is 3. The highest BCUT2D eigenvalue weighted by Crippen LogP contribution is 2.26. The minimum Gasteiger partial charge on any atom is -0.322 e. The van der Waals surface area contributed by atoms with Crippen LogP contribution in [0.1, 0.15) is 13.3 Å². The van der Waals surface area contributed by atoms with Crippen molar-refractivity contribution in [3.05, 3.63) is 28.8 Å². The predicted molar refractivity (Wildman–Crippen MR) is 64.9 cm³/mol. The minimum absolute atomic E-state index is 0.0686. The summed E-state index contributed by atoms with van der Waals surface area (Å²) in [6.45, 7) is 2.45. The van der Waals surface area contributed by atoms with Crippen LogP contribution in [-0.2, 0) is 0 Å². The van der Waals surface area contributed by atoms with Crippen molar-refractivity contribution in [2.45, 2.75) is 13.3 Å². The quantitative estimate of drug-likeness (QED) is 0.339. The Morgan fingerprint density at radius 2 is 2.18 bits per heavy atom. The molecule has 0 bridgehead atoms. The number of anilines is 1. The third kappa shape index (κ3) is 3.83. The molecular weight excluding hydrogens is 250 g/mol. The number of benzene rings is 1. The van der Waals surface area contributed by atoms with E-state index in [0.29, 0.717) is 6.54 Å². The topological polar surface area (TPSA) is 62.4 Å². The number of nitrogens with two attached hydrogens (primary N) is 1. The van der Waals surface area contributed by atoms with E-state index in [0.717, 1.165) is 18.6 Å². The van der Waals surface area contributed by atoms with Crippen LogP contribution in [0.25, 0.3) is 0 Å². The van der Waals surface area contributed by atoms with Gasteiger partial charge in [0.05, 0.1) is 10.7 Å². The molecule has 0 atom stereocenters. The summed E-state index contributed by atoms with van der Waals surface area (Å²) in [6.07, 6.45) is 0.812. The molecule has 0 aliphatic rings. The molecular formula is C10H13ClF2N4. The molecule has 17 heavy (non-hydrogen) atoms. The molecule has 94 valence electrons. The molecule has 0 spiro atoms. The maximum atomic E-state index is 13.4. The fourth-order valence-corrected chi connectivity index (χ4v) is 1.37. The van der Waals surface area contributed by atoms with Crippen LogP contribution in [-0.4, -0.2) is 12.5 Å². The molecule has 0 aromatic heterocycles. The standard InChI is InChI=1S/C10H13ClF2N4/c1-2-3-15-10(17-14)16-9-7(11)4-6(12)5-8(9)13/h4-5H,2-3,14H2,1H3,(H2,15,16,17). The number of halogens is 3. The van der Waals surface area contributed by atoms with E-state index in [1.807, 2.05) is 6.92 Å². The van der Waals surface area contributed by atoms with Gasteiger partial charge in [0.25, 0.3) is 0 Å². The van der Waals surface area contributed by atoms with Crippen molar-refractivity contribution in [1.29, 1.82) is 0 Å². The van der Waals surface area contributed by atoms with Crippen molar-refractivity contribution in [1.82, 2.24) is 5.43 Å². The van der Waals surface area contributed by atoms with Gasteiger partial charge in [-0.1, -0.05) is 18.5 Å². The Morgan fingerprint density at radius 1 is 1.47 bits per heavy atom. The molecule has 7 heteroatoms. The average molecular weight is 263 g/mol. The molecule has 0 radical (unpaired) electrons. The second-order valence-corrected chi connectivity index (χ2v) is 3.65. The van der Waals surface area contributed by atoms with Crippen molar-refractivity contribution in [3.63, 3.8) is 0 Å². The Balaban J connectivity index is 2.94. The van der Waals surface area contributed by atoms with E-state index in [9.17, 15) is 8.78 Å². The number of nitrogens with one attached hydrogen (secondary N) is 2. The fourth-order valence-electron chi connectivity index (χ4n) is 1.12. The number of nitrogens with zero attached hydrogens (tertiary/aromatic N) is 1. The molecule has 0 aliphatic heterocycles. The smallest absolute Gasteiger partial charge is 0.210 e. The van der Waals surface area contributed by atoms with Crippen LogP contribution in [0.5, 0.6) is 0 Å². The van der Waals surface area contributed by atoms with Crippen molar-refractivity contribution >= 4 is 23.2 Å². The van der Waals surface area contributed by atoms with Crippen LogP contribution in [0.15, 0.2) is 17.1 Å². The summed E-state index contributed by atoms with van der Waals surface area (Å²) in [5.74, 6) is 3.82. The second kappa shape index (κ2) is 6.36. The summed E-state index contributed by atoms with van der Waals surface area (Å²) in [4.78, 5) is 4.01. The summed E-state index contributed by atoms with van der Waals surface area (Å²) in [5.41, 5.74) is 2.21. The molecule has 4 nitrogen and oxygen atoms in total. The zero-order valence-electron chi connectivity index (χ0n) is 9.23. The molecule has 1 rings (SSSR count). The number of hydrazine groups is 1. The molecule has 0 amide bonds. The molecule has 1 aromatic rings. The molecule has 0 unspecified atom stereocenters. The molecule has 4 N–H and O–H groups in total. The second-order valence-electron chi connectivity index (χ2n) is 3.24. The first-order chi connectivity index (χ1) is 8.08. The van der Waals surface area contributed by atoms with Gasteiger partial charge in [0.15, 0.2) is 5.82 Å². The Bertz CT molecular complexity index is 400. The molecule has 0 fully saturated rings. The fraction of sp³-hybridized carbons (Fsp3) is 0.300. The molecule has 1 aromatic carbocycles. The van der Waals surface area contributed by atoms with Crippen LogP contribution >= 0.6 is 11.6 Å². The number of guanidine groups is 1. The van der Waals surface area contributed by atoms with Crippen LogP contribution in [0, 0.1) is 11.6 Å². The van der Waals surface area contributed by atoms with Crippen molar-refractivity contribution in [2.24, 2.45) is 10.8 Å². The van der Waals surface area contributed by atoms with Gasteiger partial charge < -0.3 is 5.32 Å². The maximum absolute atomic E-state index is 13.4. The summed E-state index contributed by atoms with van der Waals surface area (Å²) in [5, 5.41) is 2.49. The van der Waals surface area contributed by atoms with Gasteiger partial charge in [-0.25, -0.2) is 14.6 Å². The maximum Gasteiger partial charge on any atom is 0.210 e. The third-order valence-electron chi connectivity index (χ3n) is 1.88. The molecule has 0 saturated heterocycles. The lowest BCUT2D eigenvalue weighted by Gasteiger charge is -2.11. The van der Waals surface area contributed by atoms with Crippen molar-refractivity contribution in [3.8, 4) is 0 Å². The minimum atomic E-state index is -0.811. The van der Waals surface area contributed by atoms with Gasteiger partial charge in [-0.05, 0) is 12.5 Å². The lowest BCUT2D eigenvalue weighted by Crippen LogP contribution is -2.36. The van der Waals surface area contributed by atoms with Gasteiger partial charge in [0.1, 0.15) is 5.82 Å². The van der Waals surface area contributed by atoms with Gasteiger partial charge in [0.2, 0.25) is 5.96 Å². The van der Waals surface area contributed by atoms with Gasteiger partial charge in [-0.3, -0.25) is 10.4 Å². The van der Waals surface area contributed by atoms with Crippen LogP contribution in [0.3, 0.4) is 0 Å². The Labute approximate surface area is 103 Å². The number of hydrogen-bond donors (Lipinski definition) is 3. The zero-order chi connectivity index (χ0) is 12.8. The van der Waals surface area contributed by atoms with E-state index in [-0.39, 0.29) is 16.7 Å². The molecule has 0 saturated carbocycles. The first-order valence-corrected chi connectivity index (χ1v) is 5.39. The first-order valence-electron chi connectivity index (χ1n) is 5.01. The van der Waals surface area contributed by atoms with E-state index in [1.54, 1.807) is 0 Å². The van der Waals surface area contributed by atoms with Crippen LogP contribution in [0.4, 0.5) is 14.5 Å². The number of aliphatic imine (C=N–C) groups is 1. The highest BCUT2D eigenvalue weighted by molar-refractivity contribution is 6.33. The van der Waals surface area contributed by atoms with Crippen LogP contribution in [0.2, 0.25) is 5.02 Å². The number of hydrogen-bond acceptors (Lipinski definition) is 2. The Morgan fingerprint density at radius 3 is 2.71 bits per heavy atom. The monoisotopic (exact) mass is 262 g/mol. The summed E-state index contributed by atoms with van der Waals surface area (Å²) in [6, 6.07) is 1.73. The molecule has 0 aliphatic carbocycles. The van der Waals surface area contributed by atoms with Crippen molar-refractivity contribution in [2.75, 3.05) is 11.9 Å². The van der Waals surface area contributed by atoms with E-state index in [2.05, 4.69) is 15.7 Å². The SMILES string of the molecule is CCCN=C(NN)Nc1c(F)cc(F)cc1Cl. The van der Waals surface area contributed by atoms with E-state index >= 15 is 0 Å². The van der Waals surface area contributed by atoms with Gasteiger partial charge in [0, 0.05) is 12.6 Å². The van der Waals surface area contributed by atoms with E-state index in [4.69, 9.17) is 17.4 Å². The molecule has 0 heterocycles. The summed E-state index contributed by atoms with van der Waals surface area (Å²) >= 11 is 5.70.